The molecule has 2 rings (SSSR count). The molecule has 1 saturated carbocycles. The molecule has 0 atom stereocenters. The van der Waals surface area contributed by atoms with E-state index in [9.17, 15) is 0 Å². The molecule has 1 fully saturated rings. The predicted molar refractivity (Wildman–Crippen MR) is 68.9 cm³/mol. The minimum absolute atomic E-state index is 0.625. The van der Waals surface area contributed by atoms with Crippen LogP contribution in [0.5, 0.6) is 0 Å². The molecule has 1 N–H and O–H groups in total. The molecule has 0 bridgehead atoms. The second-order valence-electron chi connectivity index (χ2n) is 4.64. The number of hydrogen-bond donors (Lipinski definition) is 1. The van der Waals surface area contributed by atoms with Crippen LogP contribution in [-0.2, 0) is 6.42 Å². The minimum Gasteiger partial charge on any atom is -0.358 e. The fraction of sp³-hybridized carbons (Fsp3) is 0.833. The molecule has 1 aromatic rings. The molecule has 3 nitrogen and oxygen atoms in total. The zero-order valence-corrected chi connectivity index (χ0v) is 11.0. The van der Waals surface area contributed by atoms with Gasteiger partial charge in [0.1, 0.15) is 5.82 Å². The van der Waals surface area contributed by atoms with Crippen molar-refractivity contribution in [2.45, 2.75) is 58.4 Å². The highest BCUT2D eigenvalue weighted by molar-refractivity contribution is 7.09. The van der Waals surface area contributed by atoms with Crippen LogP contribution in [0.4, 0.5) is 5.13 Å². The van der Waals surface area contributed by atoms with E-state index in [1.165, 1.54) is 43.6 Å². The van der Waals surface area contributed by atoms with Crippen LogP contribution in [0, 0.1) is 5.92 Å². The Morgan fingerprint density at radius 3 is 2.56 bits per heavy atom. The maximum Gasteiger partial charge on any atom is 0.202 e. The topological polar surface area (TPSA) is 37.8 Å². The molecule has 1 aromatic heterocycles. The van der Waals surface area contributed by atoms with E-state index < -0.39 is 0 Å². The fourth-order valence-electron chi connectivity index (χ4n) is 2.35. The summed E-state index contributed by atoms with van der Waals surface area (Å²) in [5.41, 5.74) is 0. The Morgan fingerprint density at radius 1 is 1.25 bits per heavy atom. The van der Waals surface area contributed by atoms with Gasteiger partial charge in [-0.1, -0.05) is 20.3 Å². The number of nitrogens with one attached hydrogen (secondary N) is 1. The molecule has 0 unspecified atom stereocenters. The minimum atomic E-state index is 0.625. The third-order valence-corrected chi connectivity index (χ3v) is 4.22. The number of hydrogen-bond acceptors (Lipinski definition) is 4. The van der Waals surface area contributed by atoms with Gasteiger partial charge in [0.25, 0.3) is 0 Å². The van der Waals surface area contributed by atoms with Gasteiger partial charge in [-0.15, -0.1) is 0 Å². The highest BCUT2D eigenvalue weighted by Gasteiger charge is 2.20. The first kappa shape index (κ1) is 11.8. The van der Waals surface area contributed by atoms with Crippen LogP contribution in [0.25, 0.3) is 0 Å². The molecule has 16 heavy (non-hydrogen) atoms. The predicted octanol–water partition coefficient (Wildman–Crippen LogP) is 3.48. The molecule has 1 aliphatic carbocycles. The molecule has 1 aliphatic rings. The number of anilines is 1. The summed E-state index contributed by atoms with van der Waals surface area (Å²) in [6.45, 7) is 4.40. The van der Waals surface area contributed by atoms with Crippen molar-refractivity contribution in [2.24, 2.45) is 5.92 Å². The van der Waals surface area contributed by atoms with E-state index in [1.807, 2.05) is 0 Å². The van der Waals surface area contributed by atoms with Crippen molar-refractivity contribution in [3.05, 3.63) is 5.82 Å². The number of nitrogens with zero attached hydrogens (tertiary/aromatic N) is 2. The van der Waals surface area contributed by atoms with Gasteiger partial charge in [0.05, 0.1) is 0 Å². The van der Waals surface area contributed by atoms with Crippen molar-refractivity contribution in [3.8, 4) is 0 Å². The van der Waals surface area contributed by atoms with Crippen molar-refractivity contribution in [1.29, 1.82) is 0 Å². The van der Waals surface area contributed by atoms with Gasteiger partial charge < -0.3 is 5.32 Å². The lowest BCUT2D eigenvalue weighted by atomic mass is 9.85. The summed E-state index contributed by atoms with van der Waals surface area (Å²) in [4.78, 5) is 4.46. The Labute approximate surface area is 102 Å². The SMILES string of the molecule is CCc1nsc(NC2CCC(CC)CC2)n1. The van der Waals surface area contributed by atoms with Gasteiger partial charge >= 0.3 is 0 Å². The third-order valence-electron chi connectivity index (χ3n) is 3.54. The molecule has 4 heteroatoms. The van der Waals surface area contributed by atoms with E-state index in [2.05, 4.69) is 28.5 Å². The first-order chi connectivity index (χ1) is 7.81. The molecule has 0 radical (unpaired) electrons. The summed E-state index contributed by atoms with van der Waals surface area (Å²) in [6, 6.07) is 0.625. The molecule has 0 amide bonds. The molecular formula is C12H21N3S. The molecule has 0 saturated heterocycles. The Kier molecular flexibility index (Phi) is 4.16. The Bertz CT molecular complexity index is 316. The normalized spacial score (nSPS) is 25.6. The third kappa shape index (κ3) is 2.94. The maximum atomic E-state index is 4.46. The second-order valence-corrected chi connectivity index (χ2v) is 5.39. The zero-order valence-electron chi connectivity index (χ0n) is 10.2. The molecule has 0 aromatic carbocycles. The molecule has 1 heterocycles. The van der Waals surface area contributed by atoms with Crippen LogP contribution in [0.1, 0.15) is 51.8 Å². The lowest BCUT2D eigenvalue weighted by Crippen LogP contribution is -2.25. The van der Waals surface area contributed by atoms with Gasteiger partial charge in [-0.3, -0.25) is 0 Å². The highest BCUT2D eigenvalue weighted by Crippen LogP contribution is 2.28. The van der Waals surface area contributed by atoms with Crippen LogP contribution in [0.3, 0.4) is 0 Å². The highest BCUT2D eigenvalue weighted by atomic mass is 32.1. The van der Waals surface area contributed by atoms with Crippen LogP contribution < -0.4 is 5.32 Å². The van der Waals surface area contributed by atoms with Crippen molar-refractivity contribution in [2.75, 3.05) is 5.32 Å². The van der Waals surface area contributed by atoms with Crippen molar-refractivity contribution < 1.29 is 0 Å². The summed E-state index contributed by atoms with van der Waals surface area (Å²) < 4.78 is 4.30. The average molecular weight is 239 g/mol. The van der Waals surface area contributed by atoms with E-state index in [1.54, 1.807) is 0 Å². The van der Waals surface area contributed by atoms with Crippen LogP contribution in [-0.4, -0.2) is 15.4 Å². The summed E-state index contributed by atoms with van der Waals surface area (Å²) in [5, 5.41) is 4.54. The van der Waals surface area contributed by atoms with Crippen LogP contribution in [0.15, 0.2) is 0 Å². The van der Waals surface area contributed by atoms with Gasteiger partial charge in [-0.2, -0.15) is 4.37 Å². The van der Waals surface area contributed by atoms with Gasteiger partial charge in [0.2, 0.25) is 5.13 Å². The molecule has 0 aliphatic heterocycles. The van der Waals surface area contributed by atoms with Crippen LogP contribution >= 0.6 is 11.5 Å². The smallest absolute Gasteiger partial charge is 0.202 e. The fourth-order valence-corrected chi connectivity index (χ4v) is 3.07. The van der Waals surface area contributed by atoms with E-state index in [-0.39, 0.29) is 0 Å². The van der Waals surface area contributed by atoms with Gasteiger partial charge in [-0.05, 0) is 31.6 Å². The lowest BCUT2D eigenvalue weighted by molar-refractivity contribution is 0.330. The maximum absolute atomic E-state index is 4.46. The summed E-state index contributed by atoms with van der Waals surface area (Å²) in [6.07, 6.45) is 7.59. The van der Waals surface area contributed by atoms with Crippen molar-refractivity contribution >= 4 is 16.7 Å². The van der Waals surface area contributed by atoms with E-state index in [0.717, 1.165) is 23.3 Å². The average Bonchev–Trinajstić information content (AvgIpc) is 2.78. The number of rotatable bonds is 4. The quantitative estimate of drug-likeness (QED) is 0.874. The van der Waals surface area contributed by atoms with E-state index in [0.29, 0.717) is 6.04 Å². The Hall–Kier alpha value is -0.640. The molecule has 0 spiro atoms. The second kappa shape index (κ2) is 5.62. The first-order valence-electron chi connectivity index (χ1n) is 6.41. The Morgan fingerprint density at radius 2 is 2.00 bits per heavy atom. The van der Waals surface area contributed by atoms with Crippen molar-refractivity contribution in [3.63, 3.8) is 0 Å². The van der Waals surface area contributed by atoms with Gasteiger partial charge in [-0.25, -0.2) is 4.98 Å². The number of aromatic nitrogens is 2. The lowest BCUT2D eigenvalue weighted by Gasteiger charge is -2.28. The number of aryl methyl sites for hydroxylation is 1. The van der Waals surface area contributed by atoms with Gasteiger partial charge in [0, 0.05) is 24.0 Å². The standard InChI is InChI=1S/C12H21N3S/c1-3-9-5-7-10(8-6-9)13-12-14-11(4-2)15-16-12/h9-10H,3-8H2,1-2H3,(H,13,14,15). The monoisotopic (exact) mass is 239 g/mol. The largest absolute Gasteiger partial charge is 0.358 e. The Balaban J connectivity index is 1.82. The zero-order chi connectivity index (χ0) is 11.4. The molecular weight excluding hydrogens is 218 g/mol. The van der Waals surface area contributed by atoms with Crippen molar-refractivity contribution in [1.82, 2.24) is 9.36 Å². The molecule has 90 valence electrons. The summed E-state index contributed by atoms with van der Waals surface area (Å²) in [7, 11) is 0. The van der Waals surface area contributed by atoms with Gasteiger partial charge in [0.15, 0.2) is 0 Å². The first-order valence-corrected chi connectivity index (χ1v) is 7.18. The summed E-state index contributed by atoms with van der Waals surface area (Å²) >= 11 is 1.50. The van der Waals surface area contributed by atoms with E-state index >= 15 is 0 Å². The summed E-state index contributed by atoms with van der Waals surface area (Å²) in [5.74, 6) is 1.92. The van der Waals surface area contributed by atoms with E-state index in [4.69, 9.17) is 0 Å². The van der Waals surface area contributed by atoms with Crippen LogP contribution in [0.2, 0.25) is 0 Å².